The third-order valence-corrected chi connectivity index (χ3v) is 4.12. The monoisotopic (exact) mass is 359 g/mol. The molecular formula is C19H17N7O. The van der Waals surface area contributed by atoms with E-state index >= 15 is 0 Å². The number of rotatable bonds is 6. The lowest BCUT2D eigenvalue weighted by Crippen LogP contribution is -2.24. The maximum atomic E-state index is 12.2. The van der Waals surface area contributed by atoms with E-state index < -0.39 is 0 Å². The molecule has 4 rings (SSSR count). The fourth-order valence-corrected chi connectivity index (χ4v) is 2.73. The second-order valence-electron chi connectivity index (χ2n) is 6.01. The van der Waals surface area contributed by atoms with Gasteiger partial charge in [0, 0.05) is 24.6 Å². The summed E-state index contributed by atoms with van der Waals surface area (Å²) < 4.78 is 3.49. The third kappa shape index (κ3) is 4.06. The maximum Gasteiger partial charge on any atom is 0.224 e. The minimum absolute atomic E-state index is 0.0294. The molecule has 0 saturated heterocycles. The molecule has 0 aliphatic carbocycles. The molecule has 0 unspecified atom stereocenters. The molecule has 0 saturated carbocycles. The lowest BCUT2D eigenvalue weighted by molar-refractivity contribution is -0.120. The van der Waals surface area contributed by atoms with Crippen molar-refractivity contribution in [3.8, 4) is 11.4 Å². The van der Waals surface area contributed by atoms with E-state index in [0.29, 0.717) is 13.0 Å². The van der Waals surface area contributed by atoms with Crippen LogP contribution >= 0.6 is 0 Å². The zero-order valence-electron chi connectivity index (χ0n) is 14.4. The highest BCUT2D eigenvalue weighted by Crippen LogP contribution is 2.11. The number of carbonyl (C=O) groups excluding carboxylic acids is 1. The number of hydrogen-bond donors (Lipinski definition) is 1. The van der Waals surface area contributed by atoms with Crippen LogP contribution < -0.4 is 5.32 Å². The lowest BCUT2D eigenvalue weighted by Gasteiger charge is -2.08. The van der Waals surface area contributed by atoms with E-state index in [1.807, 2.05) is 59.3 Å². The Hall–Kier alpha value is -3.81. The van der Waals surface area contributed by atoms with Gasteiger partial charge in [0.25, 0.3) is 0 Å². The Morgan fingerprint density at radius 3 is 2.63 bits per heavy atom. The van der Waals surface area contributed by atoms with Crippen molar-refractivity contribution in [1.29, 1.82) is 0 Å². The van der Waals surface area contributed by atoms with Gasteiger partial charge in [-0.05, 0) is 45.8 Å². The third-order valence-electron chi connectivity index (χ3n) is 4.12. The van der Waals surface area contributed by atoms with Gasteiger partial charge in [-0.2, -0.15) is 0 Å². The summed E-state index contributed by atoms with van der Waals surface area (Å²) in [6.07, 6.45) is 7.21. The summed E-state index contributed by atoms with van der Waals surface area (Å²) >= 11 is 0. The van der Waals surface area contributed by atoms with Crippen molar-refractivity contribution >= 4 is 5.91 Å². The average Bonchev–Trinajstić information content (AvgIpc) is 3.41. The van der Waals surface area contributed by atoms with Gasteiger partial charge in [-0.3, -0.25) is 4.79 Å². The molecule has 0 spiro atoms. The molecule has 0 atom stereocenters. The molecule has 0 bridgehead atoms. The van der Waals surface area contributed by atoms with E-state index in [0.717, 1.165) is 22.5 Å². The number of benzene rings is 2. The highest BCUT2D eigenvalue weighted by molar-refractivity contribution is 5.78. The number of nitrogens with one attached hydrogen (secondary N) is 1. The van der Waals surface area contributed by atoms with Crippen molar-refractivity contribution in [2.45, 2.75) is 13.0 Å². The Labute approximate surface area is 155 Å². The molecule has 0 radical (unpaired) electrons. The van der Waals surface area contributed by atoms with E-state index in [9.17, 15) is 4.79 Å². The Morgan fingerprint density at radius 1 is 1.00 bits per heavy atom. The van der Waals surface area contributed by atoms with Gasteiger partial charge in [0.2, 0.25) is 5.91 Å². The Morgan fingerprint density at radius 2 is 1.89 bits per heavy atom. The molecule has 0 aliphatic rings. The van der Waals surface area contributed by atoms with Crippen LogP contribution in [0.1, 0.15) is 11.1 Å². The minimum atomic E-state index is -0.0294. The van der Waals surface area contributed by atoms with Gasteiger partial charge in [0.05, 0.1) is 18.4 Å². The molecule has 1 amide bonds. The summed E-state index contributed by atoms with van der Waals surface area (Å²) in [6.45, 7) is 0.476. The molecule has 8 nitrogen and oxygen atoms in total. The van der Waals surface area contributed by atoms with Gasteiger partial charge in [0.15, 0.2) is 0 Å². The highest BCUT2D eigenvalue weighted by Gasteiger charge is 2.05. The number of carbonyl (C=O) groups is 1. The van der Waals surface area contributed by atoms with Gasteiger partial charge in [-0.15, -0.1) is 5.10 Å². The standard InChI is InChI=1S/C19H17N7O/c27-19(11-15-4-6-17(7-5-15)26-14-22-23-24-26)21-12-16-2-1-3-18(10-16)25-9-8-20-13-25/h1-10,13-14H,11-12H2,(H,21,27). The zero-order chi connectivity index (χ0) is 18.5. The van der Waals surface area contributed by atoms with Gasteiger partial charge >= 0.3 is 0 Å². The quantitative estimate of drug-likeness (QED) is 0.566. The summed E-state index contributed by atoms with van der Waals surface area (Å²) in [4.78, 5) is 16.3. The molecule has 0 aliphatic heterocycles. The lowest BCUT2D eigenvalue weighted by atomic mass is 10.1. The number of amides is 1. The molecule has 8 heteroatoms. The SMILES string of the molecule is O=C(Cc1ccc(-n2cnnn2)cc1)NCc1cccc(-n2ccnc2)c1. The van der Waals surface area contributed by atoms with Crippen LogP contribution in [-0.2, 0) is 17.8 Å². The molecule has 2 heterocycles. The predicted molar refractivity (Wildman–Crippen MR) is 98.3 cm³/mol. The van der Waals surface area contributed by atoms with Crippen LogP contribution in [0.2, 0.25) is 0 Å². The van der Waals surface area contributed by atoms with Crippen LogP contribution in [-0.4, -0.2) is 35.7 Å². The number of aromatic nitrogens is 6. The summed E-state index contributed by atoms with van der Waals surface area (Å²) in [5.74, 6) is -0.0294. The van der Waals surface area contributed by atoms with Gasteiger partial charge in [-0.1, -0.05) is 24.3 Å². The Bertz CT molecular complexity index is 1010. The number of nitrogens with zero attached hydrogens (tertiary/aromatic N) is 6. The largest absolute Gasteiger partial charge is 0.352 e. The fourth-order valence-electron chi connectivity index (χ4n) is 2.73. The van der Waals surface area contributed by atoms with E-state index in [-0.39, 0.29) is 5.91 Å². The number of imidazole rings is 1. The molecule has 134 valence electrons. The van der Waals surface area contributed by atoms with E-state index in [4.69, 9.17) is 0 Å². The van der Waals surface area contributed by atoms with Crippen molar-refractivity contribution in [3.05, 3.63) is 84.7 Å². The van der Waals surface area contributed by atoms with Crippen LogP contribution in [0.5, 0.6) is 0 Å². The van der Waals surface area contributed by atoms with Crippen molar-refractivity contribution in [2.75, 3.05) is 0 Å². The molecule has 0 fully saturated rings. The molecule has 2 aromatic carbocycles. The average molecular weight is 359 g/mol. The molecular weight excluding hydrogens is 342 g/mol. The normalized spacial score (nSPS) is 10.7. The van der Waals surface area contributed by atoms with E-state index in [2.05, 4.69) is 25.8 Å². The number of hydrogen-bond acceptors (Lipinski definition) is 5. The predicted octanol–water partition coefficient (Wildman–Crippen LogP) is 1.71. The van der Waals surface area contributed by atoms with Crippen molar-refractivity contribution in [3.63, 3.8) is 0 Å². The summed E-state index contributed by atoms with van der Waals surface area (Å²) in [5, 5.41) is 14.0. The summed E-state index contributed by atoms with van der Waals surface area (Å²) in [7, 11) is 0. The Balaban J connectivity index is 1.34. The molecule has 27 heavy (non-hydrogen) atoms. The zero-order valence-corrected chi connectivity index (χ0v) is 14.4. The first-order valence-electron chi connectivity index (χ1n) is 8.44. The van der Waals surface area contributed by atoms with Crippen LogP contribution in [0.4, 0.5) is 0 Å². The van der Waals surface area contributed by atoms with Crippen molar-refractivity contribution < 1.29 is 4.79 Å². The highest BCUT2D eigenvalue weighted by atomic mass is 16.1. The molecule has 4 aromatic rings. The van der Waals surface area contributed by atoms with E-state index in [1.54, 1.807) is 17.2 Å². The second kappa shape index (κ2) is 7.61. The van der Waals surface area contributed by atoms with E-state index in [1.165, 1.54) is 6.33 Å². The molecule has 2 aromatic heterocycles. The minimum Gasteiger partial charge on any atom is -0.352 e. The van der Waals surface area contributed by atoms with Crippen LogP contribution in [0.3, 0.4) is 0 Å². The van der Waals surface area contributed by atoms with Crippen molar-refractivity contribution in [2.24, 2.45) is 0 Å². The van der Waals surface area contributed by atoms with Gasteiger partial charge in [-0.25, -0.2) is 9.67 Å². The fraction of sp³-hybridized carbons (Fsp3) is 0.105. The maximum absolute atomic E-state index is 12.2. The summed E-state index contributed by atoms with van der Waals surface area (Å²) in [5.41, 5.74) is 3.82. The van der Waals surface area contributed by atoms with Crippen LogP contribution in [0.15, 0.2) is 73.6 Å². The van der Waals surface area contributed by atoms with Crippen LogP contribution in [0.25, 0.3) is 11.4 Å². The summed E-state index contributed by atoms with van der Waals surface area (Å²) in [6, 6.07) is 15.5. The van der Waals surface area contributed by atoms with Gasteiger partial charge < -0.3 is 9.88 Å². The molecule has 1 N–H and O–H groups in total. The van der Waals surface area contributed by atoms with Gasteiger partial charge in [0.1, 0.15) is 6.33 Å². The topological polar surface area (TPSA) is 90.5 Å². The smallest absolute Gasteiger partial charge is 0.224 e. The number of tetrazole rings is 1. The van der Waals surface area contributed by atoms with Crippen molar-refractivity contribution in [1.82, 2.24) is 35.1 Å². The first-order valence-corrected chi connectivity index (χ1v) is 8.44. The first kappa shape index (κ1) is 16.6. The van der Waals surface area contributed by atoms with Crippen LogP contribution in [0, 0.1) is 0 Å². The Kier molecular flexibility index (Phi) is 4.69. The second-order valence-corrected chi connectivity index (χ2v) is 6.01. The first-order chi connectivity index (χ1) is 13.3.